The topological polar surface area (TPSA) is 38.3 Å². The van der Waals surface area contributed by atoms with Gasteiger partial charge in [0.1, 0.15) is 6.10 Å². The van der Waals surface area contributed by atoms with Crippen LogP contribution in [-0.4, -0.2) is 24.1 Å². The minimum atomic E-state index is -0.374. The molecule has 1 aromatic rings. The Hall–Kier alpha value is -1.22. The molecule has 0 radical (unpaired) electrons. The van der Waals surface area contributed by atoms with Crippen LogP contribution in [0.25, 0.3) is 0 Å². The highest BCUT2D eigenvalue weighted by Crippen LogP contribution is 2.15. The van der Waals surface area contributed by atoms with Gasteiger partial charge in [-0.2, -0.15) is 0 Å². The van der Waals surface area contributed by atoms with Crippen LogP contribution < -0.4 is 5.32 Å². The average Bonchev–Trinajstić information content (AvgIpc) is 2.60. The van der Waals surface area contributed by atoms with Crippen molar-refractivity contribution >= 4 is 17.7 Å². The summed E-state index contributed by atoms with van der Waals surface area (Å²) in [6.07, 6.45) is 0.158. The fourth-order valence-corrected chi connectivity index (χ4v) is 1.97. The number of alkyl halides is 1. The fourth-order valence-electron chi connectivity index (χ4n) is 1.69. The van der Waals surface area contributed by atoms with E-state index in [1.807, 2.05) is 30.3 Å². The van der Waals surface area contributed by atoms with Crippen molar-refractivity contribution in [3.63, 3.8) is 0 Å². The molecule has 80 valence electrons. The average molecular weight is 226 g/mol. The van der Waals surface area contributed by atoms with E-state index in [4.69, 9.17) is 16.3 Å². The van der Waals surface area contributed by atoms with E-state index in [9.17, 15) is 4.79 Å². The molecule has 0 unspecified atom stereocenters. The van der Waals surface area contributed by atoms with Gasteiger partial charge >= 0.3 is 6.09 Å². The molecule has 1 heterocycles. The van der Waals surface area contributed by atoms with Crippen molar-refractivity contribution in [2.24, 2.45) is 0 Å². The van der Waals surface area contributed by atoms with Gasteiger partial charge in [0.25, 0.3) is 0 Å². The molecule has 0 bridgehead atoms. The number of amides is 1. The Bertz CT molecular complexity index is 342. The van der Waals surface area contributed by atoms with Crippen LogP contribution in [0.2, 0.25) is 0 Å². The Morgan fingerprint density at radius 2 is 2.07 bits per heavy atom. The number of halogens is 1. The number of carbonyl (C=O) groups excluding carboxylic acids is 1. The van der Waals surface area contributed by atoms with Crippen LogP contribution in [0.4, 0.5) is 4.79 Å². The van der Waals surface area contributed by atoms with Crippen molar-refractivity contribution in [2.45, 2.75) is 18.6 Å². The first kappa shape index (κ1) is 10.3. The molecule has 2 atom stereocenters. The number of cyclic esters (lactones) is 1. The molecule has 2 rings (SSSR count). The number of ether oxygens (including phenoxy) is 1. The van der Waals surface area contributed by atoms with Gasteiger partial charge in [-0.1, -0.05) is 30.3 Å². The third kappa shape index (κ3) is 2.42. The van der Waals surface area contributed by atoms with Crippen LogP contribution in [0.5, 0.6) is 0 Å². The van der Waals surface area contributed by atoms with Crippen molar-refractivity contribution in [1.29, 1.82) is 0 Å². The van der Waals surface area contributed by atoms with Crippen LogP contribution in [0, 0.1) is 0 Å². The molecule has 1 aliphatic rings. The Morgan fingerprint density at radius 3 is 2.73 bits per heavy atom. The highest BCUT2D eigenvalue weighted by Gasteiger charge is 2.32. The number of hydrogen-bond acceptors (Lipinski definition) is 2. The molecular weight excluding hydrogens is 214 g/mol. The summed E-state index contributed by atoms with van der Waals surface area (Å²) in [5, 5.41) is 2.76. The number of nitrogens with one attached hydrogen (secondary N) is 1. The SMILES string of the molecule is O=C1N[C@@H](Cc2ccccc2)[C@H](CCl)O1. The maximum atomic E-state index is 11.0. The second kappa shape index (κ2) is 4.53. The van der Waals surface area contributed by atoms with Crippen LogP contribution in [0.3, 0.4) is 0 Å². The first-order valence-electron chi connectivity index (χ1n) is 4.86. The van der Waals surface area contributed by atoms with Crippen LogP contribution >= 0.6 is 11.6 Å². The molecular formula is C11H12ClNO2. The lowest BCUT2D eigenvalue weighted by Gasteiger charge is -2.13. The van der Waals surface area contributed by atoms with Gasteiger partial charge in [0, 0.05) is 0 Å². The van der Waals surface area contributed by atoms with Gasteiger partial charge < -0.3 is 10.1 Å². The smallest absolute Gasteiger partial charge is 0.407 e. The summed E-state index contributed by atoms with van der Waals surface area (Å²) in [5.74, 6) is 0.330. The minimum absolute atomic E-state index is 0.0163. The first-order valence-corrected chi connectivity index (χ1v) is 5.40. The zero-order valence-electron chi connectivity index (χ0n) is 8.15. The van der Waals surface area contributed by atoms with Crippen LogP contribution in [0.15, 0.2) is 30.3 Å². The van der Waals surface area contributed by atoms with E-state index in [-0.39, 0.29) is 18.2 Å². The Kier molecular flexibility index (Phi) is 3.11. The van der Waals surface area contributed by atoms with Crippen LogP contribution in [-0.2, 0) is 11.2 Å². The lowest BCUT2D eigenvalue weighted by Crippen LogP contribution is -2.34. The third-order valence-corrected chi connectivity index (χ3v) is 2.77. The standard InChI is InChI=1S/C11H12ClNO2/c12-7-10-9(13-11(14)15-10)6-8-4-2-1-3-5-8/h1-5,9-10H,6-7H2,(H,13,14)/t9-,10-/m0/s1. The number of hydrogen-bond donors (Lipinski definition) is 1. The third-order valence-electron chi connectivity index (χ3n) is 2.46. The molecule has 0 saturated carbocycles. The van der Waals surface area contributed by atoms with E-state index in [1.165, 1.54) is 5.56 Å². The van der Waals surface area contributed by atoms with Gasteiger partial charge in [0.15, 0.2) is 0 Å². The number of alkyl carbamates (subject to hydrolysis) is 1. The summed E-state index contributed by atoms with van der Waals surface area (Å²) in [7, 11) is 0. The highest BCUT2D eigenvalue weighted by atomic mass is 35.5. The van der Waals surface area contributed by atoms with Gasteiger partial charge in [-0.05, 0) is 12.0 Å². The molecule has 1 fully saturated rings. The van der Waals surface area contributed by atoms with Gasteiger partial charge in [-0.15, -0.1) is 11.6 Å². The van der Waals surface area contributed by atoms with Crippen molar-refractivity contribution in [3.8, 4) is 0 Å². The second-order valence-electron chi connectivity index (χ2n) is 3.54. The lowest BCUT2D eigenvalue weighted by atomic mass is 10.0. The molecule has 4 heteroatoms. The molecule has 1 N–H and O–H groups in total. The Morgan fingerprint density at radius 1 is 1.33 bits per heavy atom. The van der Waals surface area contributed by atoms with Gasteiger partial charge in [-0.25, -0.2) is 4.79 Å². The normalized spacial score (nSPS) is 24.7. The van der Waals surface area contributed by atoms with Crippen molar-refractivity contribution < 1.29 is 9.53 Å². The summed E-state index contributed by atoms with van der Waals surface area (Å²) in [4.78, 5) is 11.0. The van der Waals surface area contributed by atoms with Gasteiger partial charge in [0.2, 0.25) is 0 Å². The monoisotopic (exact) mass is 225 g/mol. The fraction of sp³-hybridized carbons (Fsp3) is 0.364. The molecule has 1 saturated heterocycles. The van der Waals surface area contributed by atoms with Gasteiger partial charge in [0.05, 0.1) is 11.9 Å². The van der Waals surface area contributed by atoms with Crippen molar-refractivity contribution in [1.82, 2.24) is 5.32 Å². The summed E-state index contributed by atoms with van der Waals surface area (Å²) < 4.78 is 5.01. The molecule has 1 aliphatic heterocycles. The number of rotatable bonds is 3. The summed E-state index contributed by atoms with van der Waals surface area (Å²) >= 11 is 5.72. The minimum Gasteiger partial charge on any atom is -0.443 e. The van der Waals surface area contributed by atoms with Gasteiger partial charge in [-0.3, -0.25) is 0 Å². The van der Waals surface area contributed by atoms with E-state index >= 15 is 0 Å². The second-order valence-corrected chi connectivity index (χ2v) is 3.85. The summed E-state index contributed by atoms with van der Waals surface area (Å²) in [5.41, 5.74) is 1.17. The van der Waals surface area contributed by atoms with E-state index < -0.39 is 0 Å². The van der Waals surface area contributed by atoms with E-state index in [1.54, 1.807) is 0 Å². The van der Waals surface area contributed by atoms with E-state index in [2.05, 4.69) is 5.32 Å². The van der Waals surface area contributed by atoms with Crippen LogP contribution in [0.1, 0.15) is 5.56 Å². The lowest BCUT2D eigenvalue weighted by molar-refractivity contribution is 0.142. The molecule has 0 spiro atoms. The zero-order valence-corrected chi connectivity index (χ0v) is 8.91. The number of benzene rings is 1. The van der Waals surface area contributed by atoms with E-state index in [0.29, 0.717) is 5.88 Å². The van der Waals surface area contributed by atoms with Crippen molar-refractivity contribution in [3.05, 3.63) is 35.9 Å². The number of carbonyl (C=O) groups is 1. The summed E-state index contributed by atoms with van der Waals surface area (Å²) in [6.45, 7) is 0. The molecule has 1 aromatic carbocycles. The van der Waals surface area contributed by atoms with Crippen molar-refractivity contribution in [2.75, 3.05) is 5.88 Å². The predicted octanol–water partition coefficient (Wildman–Crippen LogP) is 1.94. The quantitative estimate of drug-likeness (QED) is 0.799. The maximum absolute atomic E-state index is 11.0. The maximum Gasteiger partial charge on any atom is 0.407 e. The molecule has 0 aromatic heterocycles. The molecule has 15 heavy (non-hydrogen) atoms. The Labute approximate surface area is 93.4 Å². The molecule has 3 nitrogen and oxygen atoms in total. The molecule has 0 aliphatic carbocycles. The summed E-state index contributed by atoms with van der Waals surface area (Å²) in [6, 6.07) is 9.95. The zero-order chi connectivity index (χ0) is 10.7. The first-order chi connectivity index (χ1) is 7.29. The largest absolute Gasteiger partial charge is 0.443 e. The Balaban J connectivity index is 2.03. The highest BCUT2D eigenvalue weighted by molar-refractivity contribution is 6.18. The predicted molar refractivity (Wildman–Crippen MR) is 58.1 cm³/mol. The van der Waals surface area contributed by atoms with E-state index in [0.717, 1.165) is 6.42 Å². The molecule has 1 amide bonds.